The van der Waals surface area contributed by atoms with Crippen molar-refractivity contribution < 1.29 is 13.2 Å². The molecule has 0 aromatic rings. The Bertz CT molecular complexity index is 289. The highest BCUT2D eigenvalue weighted by atomic mass is 35.5. The summed E-state index contributed by atoms with van der Waals surface area (Å²) in [7, 11) is -1.74. The molecule has 1 aliphatic heterocycles. The Balaban J connectivity index is 2.59. The number of rotatable bonds is 5. The normalized spacial score (nSPS) is 19.9. The van der Waals surface area contributed by atoms with Gasteiger partial charge in [0.05, 0.1) is 6.61 Å². The SMILES string of the molecule is CN(CCCCl)S(=O)(=O)N1CCCOCC1. The van der Waals surface area contributed by atoms with Crippen molar-refractivity contribution in [2.24, 2.45) is 0 Å². The molecule has 0 atom stereocenters. The van der Waals surface area contributed by atoms with Crippen LogP contribution in [0.1, 0.15) is 12.8 Å². The van der Waals surface area contributed by atoms with Gasteiger partial charge in [0.2, 0.25) is 0 Å². The monoisotopic (exact) mass is 270 g/mol. The van der Waals surface area contributed by atoms with Gasteiger partial charge in [0, 0.05) is 39.2 Å². The lowest BCUT2D eigenvalue weighted by Crippen LogP contribution is -2.43. The molecule has 0 radical (unpaired) electrons. The lowest BCUT2D eigenvalue weighted by atomic mass is 10.5. The number of alkyl halides is 1. The van der Waals surface area contributed by atoms with E-state index >= 15 is 0 Å². The van der Waals surface area contributed by atoms with E-state index in [0.717, 1.165) is 6.42 Å². The maximum Gasteiger partial charge on any atom is 0.281 e. The van der Waals surface area contributed by atoms with Crippen LogP contribution in [0.15, 0.2) is 0 Å². The van der Waals surface area contributed by atoms with E-state index in [9.17, 15) is 8.42 Å². The molecule has 7 heteroatoms. The summed E-state index contributed by atoms with van der Waals surface area (Å²) in [4.78, 5) is 0. The van der Waals surface area contributed by atoms with Gasteiger partial charge in [0.15, 0.2) is 0 Å². The molecule has 1 aliphatic rings. The third kappa shape index (κ3) is 3.85. The van der Waals surface area contributed by atoms with Gasteiger partial charge in [-0.1, -0.05) is 0 Å². The van der Waals surface area contributed by atoms with Crippen molar-refractivity contribution in [2.75, 3.05) is 45.8 Å². The summed E-state index contributed by atoms with van der Waals surface area (Å²) in [6, 6.07) is 0. The molecule has 0 aliphatic carbocycles. The van der Waals surface area contributed by atoms with Crippen LogP contribution in [0.2, 0.25) is 0 Å². The molecule has 5 nitrogen and oxygen atoms in total. The highest BCUT2D eigenvalue weighted by molar-refractivity contribution is 7.86. The summed E-state index contributed by atoms with van der Waals surface area (Å²) in [6.45, 7) is 2.55. The molecule has 0 spiro atoms. The van der Waals surface area contributed by atoms with E-state index in [1.54, 1.807) is 7.05 Å². The van der Waals surface area contributed by atoms with Crippen LogP contribution in [0.3, 0.4) is 0 Å². The second-order valence-electron chi connectivity index (χ2n) is 3.74. The maximum atomic E-state index is 12.1. The Kier molecular flexibility index (Phi) is 5.99. The van der Waals surface area contributed by atoms with E-state index in [4.69, 9.17) is 16.3 Å². The molecule has 0 amide bonds. The van der Waals surface area contributed by atoms with E-state index in [-0.39, 0.29) is 0 Å². The lowest BCUT2D eigenvalue weighted by molar-refractivity contribution is 0.147. The number of ether oxygens (including phenoxy) is 1. The third-order valence-electron chi connectivity index (χ3n) is 2.51. The first-order valence-corrected chi connectivity index (χ1v) is 7.37. The molecular weight excluding hydrogens is 252 g/mol. The van der Waals surface area contributed by atoms with E-state index in [1.165, 1.54) is 8.61 Å². The largest absolute Gasteiger partial charge is 0.380 e. The summed E-state index contributed by atoms with van der Waals surface area (Å²) in [5.41, 5.74) is 0. The molecule has 1 fully saturated rings. The van der Waals surface area contributed by atoms with Crippen molar-refractivity contribution in [1.29, 1.82) is 0 Å². The zero-order valence-electron chi connectivity index (χ0n) is 9.56. The average Bonchev–Trinajstić information content (AvgIpc) is 2.54. The van der Waals surface area contributed by atoms with Crippen LogP contribution in [0.5, 0.6) is 0 Å². The van der Waals surface area contributed by atoms with Crippen molar-refractivity contribution in [1.82, 2.24) is 8.61 Å². The molecule has 1 rings (SSSR count). The predicted octanol–water partition coefficient (Wildman–Crippen LogP) is 0.514. The van der Waals surface area contributed by atoms with Crippen molar-refractivity contribution in [3.63, 3.8) is 0 Å². The third-order valence-corrected chi connectivity index (χ3v) is 4.76. The van der Waals surface area contributed by atoms with Crippen molar-refractivity contribution in [3.8, 4) is 0 Å². The fourth-order valence-electron chi connectivity index (χ4n) is 1.55. The van der Waals surface area contributed by atoms with Gasteiger partial charge >= 0.3 is 0 Å². The highest BCUT2D eigenvalue weighted by Crippen LogP contribution is 2.10. The molecule has 0 bridgehead atoms. The minimum absolute atomic E-state index is 0.438. The van der Waals surface area contributed by atoms with Gasteiger partial charge in [-0.05, 0) is 12.8 Å². The first-order chi connectivity index (χ1) is 7.59. The van der Waals surface area contributed by atoms with Crippen LogP contribution in [0.25, 0.3) is 0 Å². The van der Waals surface area contributed by atoms with Crippen molar-refractivity contribution in [2.45, 2.75) is 12.8 Å². The molecule has 1 saturated heterocycles. The van der Waals surface area contributed by atoms with Gasteiger partial charge in [0.25, 0.3) is 10.2 Å². The first-order valence-electron chi connectivity index (χ1n) is 5.44. The Hall–Kier alpha value is 0.120. The number of hydrogen-bond donors (Lipinski definition) is 0. The fourth-order valence-corrected chi connectivity index (χ4v) is 3.09. The maximum absolute atomic E-state index is 12.1. The average molecular weight is 271 g/mol. The number of nitrogens with zero attached hydrogens (tertiary/aromatic N) is 2. The van der Waals surface area contributed by atoms with Crippen LogP contribution in [0.4, 0.5) is 0 Å². The summed E-state index contributed by atoms with van der Waals surface area (Å²) in [6.07, 6.45) is 1.42. The van der Waals surface area contributed by atoms with E-state index in [2.05, 4.69) is 0 Å². The molecule has 16 heavy (non-hydrogen) atoms. The number of hydrogen-bond acceptors (Lipinski definition) is 3. The minimum Gasteiger partial charge on any atom is -0.380 e. The summed E-state index contributed by atoms with van der Waals surface area (Å²) in [5, 5.41) is 0. The lowest BCUT2D eigenvalue weighted by Gasteiger charge is -2.25. The van der Waals surface area contributed by atoms with E-state index in [0.29, 0.717) is 45.1 Å². The second-order valence-corrected chi connectivity index (χ2v) is 6.15. The van der Waals surface area contributed by atoms with Crippen LogP contribution < -0.4 is 0 Å². The Morgan fingerprint density at radius 2 is 2.12 bits per heavy atom. The summed E-state index contributed by atoms with van der Waals surface area (Å²) >= 11 is 5.55. The molecule has 0 aromatic carbocycles. The van der Waals surface area contributed by atoms with E-state index < -0.39 is 10.2 Å². The topological polar surface area (TPSA) is 49.9 Å². The Labute approximate surface area is 102 Å². The van der Waals surface area contributed by atoms with Gasteiger partial charge in [-0.25, -0.2) is 0 Å². The molecule has 0 aromatic heterocycles. The van der Waals surface area contributed by atoms with Gasteiger partial charge in [-0.15, -0.1) is 11.6 Å². The van der Waals surface area contributed by atoms with E-state index in [1.807, 2.05) is 0 Å². The number of halogens is 1. The molecule has 0 N–H and O–H groups in total. The molecule has 0 saturated carbocycles. The van der Waals surface area contributed by atoms with Crippen LogP contribution in [0, 0.1) is 0 Å². The van der Waals surface area contributed by atoms with Crippen LogP contribution >= 0.6 is 11.6 Å². The predicted molar refractivity (Wildman–Crippen MR) is 63.9 cm³/mol. The van der Waals surface area contributed by atoms with Gasteiger partial charge in [-0.2, -0.15) is 17.0 Å². The van der Waals surface area contributed by atoms with Crippen molar-refractivity contribution >= 4 is 21.8 Å². The second kappa shape index (κ2) is 6.76. The molecule has 1 heterocycles. The zero-order valence-corrected chi connectivity index (χ0v) is 11.1. The quantitative estimate of drug-likeness (QED) is 0.684. The van der Waals surface area contributed by atoms with Gasteiger partial charge in [0.1, 0.15) is 0 Å². The summed E-state index contributed by atoms with van der Waals surface area (Å²) < 4.78 is 32.3. The minimum atomic E-state index is -3.33. The molecular formula is C9H19ClN2O3S. The molecule has 0 unspecified atom stereocenters. The van der Waals surface area contributed by atoms with Gasteiger partial charge < -0.3 is 4.74 Å². The summed E-state index contributed by atoms with van der Waals surface area (Å²) in [5.74, 6) is 0.475. The zero-order chi connectivity index (χ0) is 12.0. The van der Waals surface area contributed by atoms with Crippen LogP contribution in [-0.4, -0.2) is 62.8 Å². The highest BCUT2D eigenvalue weighted by Gasteiger charge is 2.26. The fraction of sp³-hybridized carbons (Fsp3) is 1.00. The Morgan fingerprint density at radius 3 is 2.81 bits per heavy atom. The Morgan fingerprint density at radius 1 is 1.38 bits per heavy atom. The molecule has 96 valence electrons. The standard InChI is InChI=1S/C9H19ClN2O3S/c1-11(5-2-4-10)16(13,14)12-6-3-8-15-9-7-12/h2-9H2,1H3. The van der Waals surface area contributed by atoms with Crippen LogP contribution in [-0.2, 0) is 14.9 Å². The van der Waals surface area contributed by atoms with Gasteiger partial charge in [-0.3, -0.25) is 0 Å². The van der Waals surface area contributed by atoms with Crippen molar-refractivity contribution in [3.05, 3.63) is 0 Å². The smallest absolute Gasteiger partial charge is 0.281 e. The first kappa shape index (κ1) is 14.2.